The number of nitrogens with one attached hydrogen (secondary N) is 1. The number of allylic oxidation sites excluding steroid dienone is 2. The van der Waals surface area contributed by atoms with Gasteiger partial charge in [0.15, 0.2) is 5.76 Å². The number of Topliss-reactive ketones (excluding diaryl/α,β-unsaturated/α-hetero) is 2. The number of aromatic nitrogens is 1. The topological polar surface area (TPSA) is 112 Å². The van der Waals surface area contributed by atoms with Crippen LogP contribution in [0.4, 0.5) is 0 Å². The summed E-state index contributed by atoms with van der Waals surface area (Å²) in [5.74, 6) is -3.33. The van der Waals surface area contributed by atoms with E-state index in [1.807, 2.05) is 0 Å². The van der Waals surface area contributed by atoms with Crippen LogP contribution in [0.1, 0.15) is 41.6 Å². The number of hydrogen-bond acceptors (Lipinski definition) is 7. The largest absolute Gasteiger partial charge is 0.492 e. The second-order valence-electron chi connectivity index (χ2n) is 4.54. The van der Waals surface area contributed by atoms with Gasteiger partial charge in [-0.2, -0.15) is 0 Å². The number of hydrogen-bond donors (Lipinski definition) is 1. The van der Waals surface area contributed by atoms with Crippen molar-refractivity contribution in [2.45, 2.75) is 20.8 Å². The first-order valence-electron chi connectivity index (χ1n) is 6.25. The lowest BCUT2D eigenvalue weighted by Crippen LogP contribution is -2.22. The SMILES string of the molecule is COC1=C(C)C(=O)c2[nH]c(OC(C)=O)c(OC(C)=O)c2C1=O. The lowest BCUT2D eigenvalue weighted by molar-refractivity contribution is -0.134. The van der Waals surface area contributed by atoms with Gasteiger partial charge in [-0.05, 0) is 6.92 Å². The van der Waals surface area contributed by atoms with Crippen molar-refractivity contribution in [3.63, 3.8) is 0 Å². The zero-order valence-electron chi connectivity index (χ0n) is 12.4. The Bertz CT molecular complexity index is 739. The molecule has 1 aromatic heterocycles. The molecule has 0 saturated carbocycles. The van der Waals surface area contributed by atoms with E-state index in [0.717, 1.165) is 13.8 Å². The molecule has 1 aliphatic carbocycles. The number of H-pyrrole nitrogens is 1. The summed E-state index contributed by atoms with van der Waals surface area (Å²) < 4.78 is 14.7. The summed E-state index contributed by atoms with van der Waals surface area (Å²) in [6, 6.07) is 0. The molecule has 0 unspecified atom stereocenters. The minimum Gasteiger partial charge on any atom is -0.492 e. The summed E-state index contributed by atoms with van der Waals surface area (Å²) in [7, 11) is 1.25. The van der Waals surface area contributed by atoms with E-state index in [2.05, 4.69) is 4.98 Å². The van der Waals surface area contributed by atoms with Crippen LogP contribution < -0.4 is 9.47 Å². The van der Waals surface area contributed by atoms with E-state index in [9.17, 15) is 19.2 Å². The van der Waals surface area contributed by atoms with Gasteiger partial charge in [-0.15, -0.1) is 0 Å². The Morgan fingerprint density at radius 1 is 1.00 bits per heavy atom. The molecule has 1 heterocycles. The maximum absolute atomic E-state index is 12.4. The molecule has 0 spiro atoms. The number of esters is 2. The van der Waals surface area contributed by atoms with Crippen molar-refractivity contribution >= 4 is 23.5 Å². The molecule has 0 saturated heterocycles. The molecule has 1 aliphatic rings. The molecule has 0 radical (unpaired) electrons. The van der Waals surface area contributed by atoms with Gasteiger partial charge in [-0.1, -0.05) is 0 Å². The van der Waals surface area contributed by atoms with Gasteiger partial charge in [0.05, 0.1) is 7.11 Å². The van der Waals surface area contributed by atoms with Crippen molar-refractivity contribution in [2.24, 2.45) is 0 Å². The minimum absolute atomic E-state index is 0.102. The van der Waals surface area contributed by atoms with Crippen molar-refractivity contribution in [3.8, 4) is 11.6 Å². The highest BCUT2D eigenvalue weighted by molar-refractivity contribution is 6.27. The van der Waals surface area contributed by atoms with E-state index in [4.69, 9.17) is 14.2 Å². The number of carbonyl (C=O) groups is 4. The third-order valence-electron chi connectivity index (χ3n) is 2.96. The van der Waals surface area contributed by atoms with Crippen molar-refractivity contribution < 1.29 is 33.4 Å². The van der Waals surface area contributed by atoms with Crippen LogP contribution in [0.25, 0.3) is 0 Å². The van der Waals surface area contributed by atoms with E-state index in [1.165, 1.54) is 14.0 Å². The van der Waals surface area contributed by atoms with E-state index in [1.54, 1.807) is 0 Å². The summed E-state index contributed by atoms with van der Waals surface area (Å²) in [4.78, 5) is 49.5. The molecule has 116 valence electrons. The third kappa shape index (κ3) is 2.39. The van der Waals surface area contributed by atoms with Crippen LogP contribution in [0.15, 0.2) is 11.3 Å². The summed E-state index contributed by atoms with van der Waals surface area (Å²) in [6.45, 7) is 3.68. The number of ether oxygens (including phenoxy) is 3. The summed E-state index contributed by atoms with van der Waals surface area (Å²) >= 11 is 0. The Kier molecular flexibility index (Phi) is 3.85. The summed E-state index contributed by atoms with van der Waals surface area (Å²) in [5, 5.41) is 0. The predicted molar refractivity (Wildman–Crippen MR) is 71.8 cm³/mol. The fourth-order valence-corrected chi connectivity index (χ4v) is 2.12. The van der Waals surface area contributed by atoms with Gasteiger partial charge in [0, 0.05) is 19.4 Å². The molecular weight excluding hydrogens is 294 g/mol. The first-order valence-corrected chi connectivity index (χ1v) is 6.25. The zero-order valence-corrected chi connectivity index (χ0v) is 12.4. The number of fused-ring (bicyclic) bond motifs is 1. The Morgan fingerprint density at radius 3 is 2.09 bits per heavy atom. The summed E-state index contributed by atoms with van der Waals surface area (Å²) in [5.41, 5.74) is -0.209. The Morgan fingerprint density at radius 2 is 1.59 bits per heavy atom. The second kappa shape index (κ2) is 5.47. The van der Waals surface area contributed by atoms with Gasteiger partial charge in [-0.3, -0.25) is 19.2 Å². The molecule has 0 amide bonds. The molecule has 0 bridgehead atoms. The molecular formula is C14H13NO7. The third-order valence-corrected chi connectivity index (χ3v) is 2.96. The molecule has 1 aromatic rings. The number of methoxy groups -OCH3 is 1. The van der Waals surface area contributed by atoms with Gasteiger partial charge in [-0.25, -0.2) is 0 Å². The minimum atomic E-state index is -0.735. The molecule has 8 nitrogen and oxygen atoms in total. The number of aromatic amines is 1. The molecule has 22 heavy (non-hydrogen) atoms. The van der Waals surface area contributed by atoms with Crippen LogP contribution in [-0.4, -0.2) is 35.6 Å². The van der Waals surface area contributed by atoms with Gasteiger partial charge in [0.1, 0.15) is 11.3 Å². The predicted octanol–water partition coefficient (Wildman–Crippen LogP) is 1.16. The number of rotatable bonds is 3. The highest BCUT2D eigenvalue weighted by atomic mass is 16.6. The molecule has 8 heteroatoms. The summed E-state index contributed by atoms with van der Waals surface area (Å²) in [6.07, 6.45) is 0. The molecule has 2 rings (SSSR count). The maximum Gasteiger partial charge on any atom is 0.309 e. The van der Waals surface area contributed by atoms with Crippen LogP contribution in [0.5, 0.6) is 11.6 Å². The normalized spacial score (nSPS) is 13.8. The van der Waals surface area contributed by atoms with Crippen molar-refractivity contribution in [1.29, 1.82) is 0 Å². The maximum atomic E-state index is 12.4. The van der Waals surface area contributed by atoms with Crippen LogP contribution in [0.2, 0.25) is 0 Å². The van der Waals surface area contributed by atoms with Crippen molar-refractivity contribution in [3.05, 3.63) is 22.6 Å². The quantitative estimate of drug-likeness (QED) is 0.834. The van der Waals surface area contributed by atoms with Crippen LogP contribution in [0.3, 0.4) is 0 Å². The first kappa shape index (κ1) is 15.5. The average Bonchev–Trinajstić information content (AvgIpc) is 2.74. The van der Waals surface area contributed by atoms with Gasteiger partial charge in [0.2, 0.25) is 23.2 Å². The fraction of sp³-hybridized carbons (Fsp3) is 0.286. The van der Waals surface area contributed by atoms with Crippen LogP contribution >= 0.6 is 0 Å². The highest BCUT2D eigenvalue weighted by Crippen LogP contribution is 2.39. The lowest BCUT2D eigenvalue weighted by atomic mass is 9.94. The highest BCUT2D eigenvalue weighted by Gasteiger charge is 2.38. The van der Waals surface area contributed by atoms with Crippen LogP contribution in [0, 0.1) is 0 Å². The van der Waals surface area contributed by atoms with Gasteiger partial charge >= 0.3 is 11.9 Å². The Balaban J connectivity index is 2.68. The monoisotopic (exact) mass is 307 g/mol. The van der Waals surface area contributed by atoms with Crippen molar-refractivity contribution in [2.75, 3.05) is 7.11 Å². The van der Waals surface area contributed by atoms with E-state index in [0.29, 0.717) is 0 Å². The van der Waals surface area contributed by atoms with Crippen molar-refractivity contribution in [1.82, 2.24) is 4.98 Å². The molecule has 1 N–H and O–H groups in total. The molecule has 0 fully saturated rings. The zero-order chi connectivity index (χ0) is 16.6. The lowest BCUT2D eigenvalue weighted by Gasteiger charge is -2.15. The van der Waals surface area contributed by atoms with E-state index < -0.39 is 23.5 Å². The standard InChI is InChI=1S/C14H13NO7/c1-5-10(18)9-8(11(19)12(5)20-4)13(21-6(2)16)14(15-9)22-7(3)17/h15H,1-4H3. The smallest absolute Gasteiger partial charge is 0.309 e. The average molecular weight is 307 g/mol. The molecule has 0 aliphatic heterocycles. The molecule has 0 atom stereocenters. The number of ketones is 2. The van der Waals surface area contributed by atoms with E-state index in [-0.39, 0.29) is 34.2 Å². The molecule has 0 aromatic carbocycles. The fourth-order valence-electron chi connectivity index (χ4n) is 2.12. The Hall–Kier alpha value is -2.90. The first-order chi connectivity index (χ1) is 10.3. The number of carbonyl (C=O) groups excluding carboxylic acids is 4. The van der Waals surface area contributed by atoms with Gasteiger partial charge in [0.25, 0.3) is 0 Å². The van der Waals surface area contributed by atoms with Crippen LogP contribution in [-0.2, 0) is 14.3 Å². The Labute approximate surface area is 125 Å². The van der Waals surface area contributed by atoms with Gasteiger partial charge < -0.3 is 19.2 Å². The van der Waals surface area contributed by atoms with E-state index >= 15 is 0 Å². The second-order valence-corrected chi connectivity index (χ2v) is 4.54.